The van der Waals surface area contributed by atoms with Crippen LogP contribution in [-0.2, 0) is 16.0 Å². The van der Waals surface area contributed by atoms with Gasteiger partial charge in [-0.2, -0.15) is 0 Å². The average Bonchev–Trinajstić information content (AvgIpc) is 3.13. The number of rotatable bonds is 5. The number of aryl methyl sites for hydroxylation is 1. The van der Waals surface area contributed by atoms with E-state index >= 15 is 0 Å². The molecule has 3 aromatic rings. The third-order valence-electron chi connectivity index (χ3n) is 3.28. The molecule has 3 aromatic heterocycles. The minimum atomic E-state index is -0.172. The molecule has 0 aromatic carbocycles. The van der Waals surface area contributed by atoms with Crippen LogP contribution < -0.4 is 0 Å². The van der Waals surface area contributed by atoms with E-state index in [0.29, 0.717) is 6.42 Å². The molecule has 0 spiro atoms. The van der Waals surface area contributed by atoms with E-state index < -0.39 is 0 Å². The summed E-state index contributed by atoms with van der Waals surface area (Å²) in [7, 11) is 1.41. The Balaban J connectivity index is 1.74. The zero-order valence-electron chi connectivity index (χ0n) is 11.6. The highest BCUT2D eigenvalue weighted by atomic mass is 32.1. The summed E-state index contributed by atoms with van der Waals surface area (Å²) in [6.45, 7) is 0. The lowest BCUT2D eigenvalue weighted by Gasteiger charge is -1.97. The summed E-state index contributed by atoms with van der Waals surface area (Å²) in [4.78, 5) is 23.2. The van der Waals surface area contributed by atoms with Gasteiger partial charge >= 0.3 is 5.97 Å². The van der Waals surface area contributed by atoms with Crippen LogP contribution >= 0.6 is 11.3 Å². The fourth-order valence-corrected chi connectivity index (χ4v) is 3.04. The van der Waals surface area contributed by atoms with Crippen molar-refractivity contribution in [1.82, 2.24) is 15.0 Å². The Hall–Kier alpha value is -2.21. The topological polar surface area (TPSA) is 67.9 Å². The summed E-state index contributed by atoms with van der Waals surface area (Å²) in [5, 5.41) is 4.15. The number of carbonyl (C=O) groups is 1. The van der Waals surface area contributed by atoms with E-state index in [4.69, 9.17) is 0 Å². The van der Waals surface area contributed by atoms with Gasteiger partial charge in [-0.25, -0.2) is 9.97 Å². The van der Waals surface area contributed by atoms with Crippen molar-refractivity contribution in [3.05, 3.63) is 34.9 Å². The highest BCUT2D eigenvalue weighted by Crippen LogP contribution is 2.28. The van der Waals surface area contributed by atoms with E-state index in [9.17, 15) is 4.79 Å². The molecule has 108 valence electrons. The van der Waals surface area contributed by atoms with Gasteiger partial charge in [0.2, 0.25) is 0 Å². The zero-order chi connectivity index (χ0) is 14.7. The Morgan fingerprint density at radius 1 is 1.48 bits per heavy atom. The molecule has 1 N–H and O–H groups in total. The van der Waals surface area contributed by atoms with E-state index in [0.717, 1.165) is 40.1 Å². The molecule has 0 amide bonds. The maximum Gasteiger partial charge on any atom is 0.305 e. The molecule has 21 heavy (non-hydrogen) atoms. The second kappa shape index (κ2) is 6.05. The van der Waals surface area contributed by atoms with Crippen molar-refractivity contribution < 1.29 is 9.53 Å². The van der Waals surface area contributed by atoms with E-state index in [-0.39, 0.29) is 5.97 Å². The normalized spacial score (nSPS) is 10.9. The molecule has 5 nitrogen and oxygen atoms in total. The first kappa shape index (κ1) is 13.8. The lowest BCUT2D eigenvalue weighted by molar-refractivity contribution is -0.140. The molecule has 3 rings (SSSR count). The largest absolute Gasteiger partial charge is 0.469 e. The van der Waals surface area contributed by atoms with Crippen molar-refractivity contribution in [2.75, 3.05) is 7.11 Å². The SMILES string of the molecule is COC(=O)CCCc1nc(-c2c[nH]c3ncccc23)cs1. The molecular formula is C15H15N3O2S. The Morgan fingerprint density at radius 3 is 3.24 bits per heavy atom. The van der Waals surface area contributed by atoms with Crippen molar-refractivity contribution in [1.29, 1.82) is 0 Å². The minimum absolute atomic E-state index is 0.172. The predicted molar refractivity (Wildman–Crippen MR) is 82.2 cm³/mol. The molecule has 6 heteroatoms. The Morgan fingerprint density at radius 2 is 2.38 bits per heavy atom. The first-order chi connectivity index (χ1) is 10.3. The number of aromatic amines is 1. The number of hydrogen-bond acceptors (Lipinski definition) is 5. The first-order valence-corrected chi connectivity index (χ1v) is 7.59. The first-order valence-electron chi connectivity index (χ1n) is 6.71. The van der Waals surface area contributed by atoms with Crippen molar-refractivity contribution in [3.8, 4) is 11.3 Å². The summed E-state index contributed by atoms with van der Waals surface area (Å²) in [5.41, 5.74) is 2.88. The van der Waals surface area contributed by atoms with Crippen LogP contribution in [0.15, 0.2) is 29.9 Å². The number of methoxy groups -OCH3 is 1. The van der Waals surface area contributed by atoms with E-state index in [1.54, 1.807) is 17.5 Å². The van der Waals surface area contributed by atoms with Crippen LogP contribution in [-0.4, -0.2) is 28.0 Å². The summed E-state index contributed by atoms with van der Waals surface area (Å²) in [6.07, 6.45) is 5.69. The number of hydrogen-bond donors (Lipinski definition) is 1. The number of nitrogens with zero attached hydrogens (tertiary/aromatic N) is 2. The van der Waals surface area contributed by atoms with Crippen molar-refractivity contribution in [2.45, 2.75) is 19.3 Å². The maximum absolute atomic E-state index is 11.1. The molecule has 0 saturated heterocycles. The van der Waals surface area contributed by atoms with E-state index in [1.165, 1.54) is 7.11 Å². The molecular weight excluding hydrogens is 286 g/mol. The van der Waals surface area contributed by atoms with Crippen LogP contribution in [0.3, 0.4) is 0 Å². The van der Waals surface area contributed by atoms with Crippen molar-refractivity contribution in [2.24, 2.45) is 0 Å². The van der Waals surface area contributed by atoms with Gasteiger partial charge in [-0.1, -0.05) is 0 Å². The third kappa shape index (κ3) is 2.95. The molecule has 3 heterocycles. The standard InChI is InChI=1S/C15H15N3O2S/c1-20-14(19)6-2-5-13-18-12(9-21-13)11-8-17-15-10(11)4-3-7-16-15/h3-4,7-9H,2,5-6H2,1H3,(H,16,17). The summed E-state index contributed by atoms with van der Waals surface area (Å²) < 4.78 is 4.63. The Labute approximate surface area is 126 Å². The lowest BCUT2D eigenvalue weighted by Crippen LogP contribution is -2.00. The third-order valence-corrected chi connectivity index (χ3v) is 4.19. The molecule has 0 aliphatic rings. The molecule has 0 atom stereocenters. The average molecular weight is 301 g/mol. The molecule has 0 fully saturated rings. The molecule has 0 unspecified atom stereocenters. The minimum Gasteiger partial charge on any atom is -0.469 e. The van der Waals surface area contributed by atoms with E-state index in [1.807, 2.05) is 23.7 Å². The Kier molecular flexibility index (Phi) is 3.96. The van der Waals surface area contributed by atoms with Crippen molar-refractivity contribution in [3.63, 3.8) is 0 Å². The fraction of sp³-hybridized carbons (Fsp3) is 0.267. The smallest absolute Gasteiger partial charge is 0.305 e. The molecule has 0 saturated carbocycles. The van der Waals surface area contributed by atoms with Crippen LogP contribution in [0.2, 0.25) is 0 Å². The van der Waals surface area contributed by atoms with Gasteiger partial charge in [-0.05, 0) is 25.0 Å². The van der Waals surface area contributed by atoms with Gasteiger partial charge in [0.05, 0.1) is 17.8 Å². The lowest BCUT2D eigenvalue weighted by atomic mass is 10.2. The molecule has 0 aliphatic carbocycles. The summed E-state index contributed by atoms with van der Waals surface area (Å²) in [6, 6.07) is 3.95. The van der Waals surface area contributed by atoms with Crippen LogP contribution in [0.1, 0.15) is 17.8 Å². The van der Waals surface area contributed by atoms with Gasteiger partial charge in [-0.15, -0.1) is 11.3 Å². The van der Waals surface area contributed by atoms with Gasteiger partial charge < -0.3 is 9.72 Å². The fourth-order valence-electron chi connectivity index (χ4n) is 2.20. The van der Waals surface area contributed by atoms with Crippen LogP contribution in [0.25, 0.3) is 22.3 Å². The zero-order valence-corrected chi connectivity index (χ0v) is 12.4. The van der Waals surface area contributed by atoms with Gasteiger partial charge in [-0.3, -0.25) is 4.79 Å². The number of carbonyl (C=O) groups excluding carboxylic acids is 1. The second-order valence-electron chi connectivity index (χ2n) is 4.66. The number of thiazole rings is 1. The van der Waals surface area contributed by atoms with Gasteiger partial charge in [0.25, 0.3) is 0 Å². The number of aromatic nitrogens is 3. The van der Waals surface area contributed by atoms with Crippen LogP contribution in [0.5, 0.6) is 0 Å². The number of fused-ring (bicyclic) bond motifs is 1. The predicted octanol–water partition coefficient (Wildman–Crippen LogP) is 3.18. The number of H-pyrrole nitrogens is 1. The number of esters is 1. The number of ether oxygens (including phenoxy) is 1. The van der Waals surface area contributed by atoms with Gasteiger partial charge in [0.1, 0.15) is 5.65 Å². The number of nitrogens with one attached hydrogen (secondary N) is 1. The molecule has 0 aliphatic heterocycles. The van der Waals surface area contributed by atoms with Gasteiger partial charge in [0.15, 0.2) is 0 Å². The summed E-state index contributed by atoms with van der Waals surface area (Å²) in [5.74, 6) is -0.172. The molecule has 0 radical (unpaired) electrons. The monoisotopic (exact) mass is 301 g/mol. The van der Waals surface area contributed by atoms with Crippen LogP contribution in [0.4, 0.5) is 0 Å². The number of pyridine rings is 1. The van der Waals surface area contributed by atoms with Crippen molar-refractivity contribution >= 4 is 28.3 Å². The maximum atomic E-state index is 11.1. The Bertz CT molecular complexity index is 763. The second-order valence-corrected chi connectivity index (χ2v) is 5.60. The molecule has 0 bridgehead atoms. The summed E-state index contributed by atoms with van der Waals surface area (Å²) >= 11 is 1.62. The van der Waals surface area contributed by atoms with Crippen LogP contribution in [0, 0.1) is 0 Å². The van der Waals surface area contributed by atoms with Gasteiger partial charge in [0, 0.05) is 35.1 Å². The highest BCUT2D eigenvalue weighted by molar-refractivity contribution is 7.09. The highest BCUT2D eigenvalue weighted by Gasteiger charge is 2.10. The van der Waals surface area contributed by atoms with E-state index in [2.05, 4.69) is 19.7 Å². The quantitative estimate of drug-likeness (QED) is 0.735.